The quantitative estimate of drug-likeness (QED) is 0.773. The van der Waals surface area contributed by atoms with Crippen LogP contribution in [-0.4, -0.2) is 14.9 Å². The minimum Gasteiger partial charge on any atom is -0.439 e. The van der Waals surface area contributed by atoms with Crippen LogP contribution in [-0.2, 0) is 6.61 Å². The maximum atomic E-state index is 9.60. The van der Waals surface area contributed by atoms with E-state index in [4.69, 9.17) is 27.9 Å². The Bertz CT molecular complexity index is 712. The van der Waals surface area contributed by atoms with E-state index in [-0.39, 0.29) is 12.6 Å². The van der Waals surface area contributed by atoms with Crippen LogP contribution in [0.25, 0.3) is 6.08 Å². The number of aliphatic hydroxyl groups is 1. The molecule has 0 saturated carbocycles. The molecule has 1 heterocycles. The van der Waals surface area contributed by atoms with Crippen LogP contribution in [0.4, 0.5) is 0 Å². The highest BCUT2D eigenvalue weighted by molar-refractivity contribution is 6.34. The Morgan fingerprint density at radius 3 is 2.35 bits per heavy atom. The fourth-order valence-corrected chi connectivity index (χ4v) is 2.68. The number of nitrogens with zero attached hydrogens (tertiary/aromatic N) is 2. The molecule has 1 aromatic heterocycles. The Hall–Kier alpha value is -1.49. The predicted octanol–water partition coefficient (Wildman–Crippen LogP) is 5.48. The van der Waals surface area contributed by atoms with E-state index < -0.39 is 0 Å². The highest BCUT2D eigenvalue weighted by atomic mass is 35.5. The zero-order valence-electron chi connectivity index (χ0n) is 13.6. The number of rotatable bonds is 5. The van der Waals surface area contributed by atoms with E-state index in [0.717, 1.165) is 11.1 Å². The molecule has 0 aliphatic rings. The van der Waals surface area contributed by atoms with E-state index in [2.05, 4.69) is 5.10 Å². The molecule has 23 heavy (non-hydrogen) atoms. The van der Waals surface area contributed by atoms with Gasteiger partial charge in [0.2, 0.25) is 5.88 Å². The van der Waals surface area contributed by atoms with Crippen LogP contribution in [0.15, 0.2) is 23.8 Å². The standard InChI is InChI=1S/C17H20Cl2N2O2/c1-10(2)5-15-16(9-22)20-21(11(3)4)17(15)23-14-7-12(18)6-13(19)8-14/h5-8,11,22H,9H2,1-4H3. The van der Waals surface area contributed by atoms with Crippen LogP contribution in [0, 0.1) is 0 Å². The summed E-state index contributed by atoms with van der Waals surface area (Å²) in [7, 11) is 0. The molecule has 1 N–H and O–H groups in total. The first-order chi connectivity index (χ1) is 10.8. The van der Waals surface area contributed by atoms with Crippen molar-refractivity contribution in [1.82, 2.24) is 9.78 Å². The summed E-state index contributed by atoms with van der Waals surface area (Å²) in [5.41, 5.74) is 2.41. The third kappa shape index (κ3) is 4.28. The van der Waals surface area contributed by atoms with E-state index in [0.29, 0.717) is 27.4 Å². The maximum absolute atomic E-state index is 9.60. The molecule has 0 fully saturated rings. The lowest BCUT2D eigenvalue weighted by atomic mass is 10.1. The fourth-order valence-electron chi connectivity index (χ4n) is 2.18. The molecular weight excluding hydrogens is 335 g/mol. The molecule has 0 spiro atoms. The van der Waals surface area contributed by atoms with Gasteiger partial charge in [-0.2, -0.15) is 5.10 Å². The van der Waals surface area contributed by atoms with Crippen LogP contribution < -0.4 is 4.74 Å². The van der Waals surface area contributed by atoms with E-state index in [1.165, 1.54) is 0 Å². The molecule has 0 aliphatic carbocycles. The summed E-state index contributed by atoms with van der Waals surface area (Å²) < 4.78 is 7.77. The molecular formula is C17H20Cl2N2O2. The topological polar surface area (TPSA) is 47.3 Å². The highest BCUT2D eigenvalue weighted by Gasteiger charge is 2.20. The second-order valence-corrected chi connectivity index (χ2v) is 6.66. The second kappa shape index (κ2) is 7.39. The first kappa shape index (κ1) is 17.9. The maximum Gasteiger partial charge on any atom is 0.225 e. The lowest BCUT2D eigenvalue weighted by molar-refractivity contribution is 0.274. The molecule has 0 aliphatic heterocycles. The zero-order chi connectivity index (χ0) is 17.1. The lowest BCUT2D eigenvalue weighted by Gasteiger charge is -2.13. The van der Waals surface area contributed by atoms with Crippen molar-refractivity contribution < 1.29 is 9.84 Å². The molecule has 1 aromatic carbocycles. The van der Waals surface area contributed by atoms with Gasteiger partial charge < -0.3 is 9.84 Å². The van der Waals surface area contributed by atoms with Crippen LogP contribution in [0.2, 0.25) is 10.0 Å². The monoisotopic (exact) mass is 354 g/mol. The van der Waals surface area contributed by atoms with Gasteiger partial charge in [0.25, 0.3) is 0 Å². The van der Waals surface area contributed by atoms with Crippen LogP contribution in [0.3, 0.4) is 0 Å². The third-order valence-corrected chi connectivity index (χ3v) is 3.54. The minimum absolute atomic E-state index is 0.0734. The lowest BCUT2D eigenvalue weighted by Crippen LogP contribution is -2.05. The van der Waals surface area contributed by atoms with Gasteiger partial charge >= 0.3 is 0 Å². The van der Waals surface area contributed by atoms with Gasteiger partial charge in [-0.05, 0) is 52.0 Å². The van der Waals surface area contributed by atoms with Crippen molar-refractivity contribution >= 4 is 29.3 Å². The number of benzene rings is 1. The number of aromatic nitrogens is 2. The fraction of sp³-hybridized carbons (Fsp3) is 0.353. The van der Waals surface area contributed by atoms with Gasteiger partial charge in [0, 0.05) is 10.0 Å². The average Bonchev–Trinajstić information content (AvgIpc) is 2.75. The van der Waals surface area contributed by atoms with E-state index >= 15 is 0 Å². The number of hydrogen-bond acceptors (Lipinski definition) is 3. The normalized spacial score (nSPS) is 11.0. The SMILES string of the molecule is CC(C)=Cc1c(CO)nn(C(C)C)c1Oc1cc(Cl)cc(Cl)c1. The summed E-state index contributed by atoms with van der Waals surface area (Å²) in [6.07, 6.45) is 1.94. The van der Waals surface area contributed by atoms with Crippen molar-refractivity contribution in [3.05, 3.63) is 45.1 Å². The second-order valence-electron chi connectivity index (χ2n) is 5.79. The first-order valence-electron chi connectivity index (χ1n) is 7.33. The smallest absolute Gasteiger partial charge is 0.225 e. The molecule has 0 atom stereocenters. The van der Waals surface area contributed by atoms with Crippen LogP contribution >= 0.6 is 23.2 Å². The molecule has 2 rings (SSSR count). The van der Waals surface area contributed by atoms with Gasteiger partial charge in [0.05, 0.1) is 23.9 Å². The molecule has 0 radical (unpaired) electrons. The molecule has 0 saturated heterocycles. The Labute approximate surface area is 146 Å². The molecule has 2 aromatic rings. The van der Waals surface area contributed by atoms with E-state index in [9.17, 15) is 5.11 Å². The third-order valence-electron chi connectivity index (χ3n) is 3.10. The molecule has 0 unspecified atom stereocenters. The summed E-state index contributed by atoms with van der Waals surface area (Å²) in [5, 5.41) is 15.0. The van der Waals surface area contributed by atoms with Gasteiger partial charge in [0.1, 0.15) is 5.75 Å². The Balaban J connectivity index is 2.58. The summed E-state index contributed by atoms with van der Waals surface area (Å²) in [6.45, 7) is 7.80. The summed E-state index contributed by atoms with van der Waals surface area (Å²) in [4.78, 5) is 0. The van der Waals surface area contributed by atoms with Crippen LogP contribution in [0.1, 0.15) is 45.0 Å². The van der Waals surface area contributed by atoms with Gasteiger partial charge in [0.15, 0.2) is 0 Å². The molecule has 124 valence electrons. The van der Waals surface area contributed by atoms with Gasteiger partial charge in [-0.25, -0.2) is 4.68 Å². The van der Waals surface area contributed by atoms with Gasteiger partial charge in [-0.15, -0.1) is 0 Å². The largest absolute Gasteiger partial charge is 0.439 e. The summed E-state index contributed by atoms with van der Waals surface area (Å²) in [5.74, 6) is 1.08. The van der Waals surface area contributed by atoms with Gasteiger partial charge in [-0.1, -0.05) is 28.8 Å². The van der Waals surface area contributed by atoms with Crippen molar-refractivity contribution in [2.45, 2.75) is 40.3 Å². The van der Waals surface area contributed by atoms with Crippen molar-refractivity contribution in [2.75, 3.05) is 0 Å². The summed E-state index contributed by atoms with van der Waals surface area (Å²) >= 11 is 12.1. The zero-order valence-corrected chi connectivity index (χ0v) is 15.1. The van der Waals surface area contributed by atoms with Crippen molar-refractivity contribution in [2.24, 2.45) is 0 Å². The Morgan fingerprint density at radius 2 is 1.87 bits per heavy atom. The van der Waals surface area contributed by atoms with Crippen molar-refractivity contribution in [3.63, 3.8) is 0 Å². The Kier molecular flexibility index (Phi) is 5.74. The Morgan fingerprint density at radius 1 is 1.26 bits per heavy atom. The number of allylic oxidation sites excluding steroid dienone is 1. The molecule has 0 bridgehead atoms. The molecule has 0 amide bonds. The van der Waals surface area contributed by atoms with E-state index in [1.54, 1.807) is 22.9 Å². The van der Waals surface area contributed by atoms with Crippen molar-refractivity contribution in [3.8, 4) is 11.6 Å². The number of hydrogen-bond donors (Lipinski definition) is 1. The van der Waals surface area contributed by atoms with Crippen molar-refractivity contribution in [1.29, 1.82) is 0 Å². The van der Waals surface area contributed by atoms with Gasteiger partial charge in [-0.3, -0.25) is 0 Å². The molecule has 6 heteroatoms. The predicted molar refractivity (Wildman–Crippen MR) is 94.4 cm³/mol. The van der Waals surface area contributed by atoms with E-state index in [1.807, 2.05) is 33.8 Å². The number of halogens is 2. The van der Waals surface area contributed by atoms with Crippen LogP contribution in [0.5, 0.6) is 11.6 Å². The highest BCUT2D eigenvalue weighted by Crippen LogP contribution is 2.34. The number of aliphatic hydroxyl groups excluding tert-OH is 1. The molecule has 4 nitrogen and oxygen atoms in total. The number of ether oxygens (including phenoxy) is 1. The summed E-state index contributed by atoms with van der Waals surface area (Å²) in [6, 6.07) is 5.10. The minimum atomic E-state index is -0.161. The first-order valence-corrected chi connectivity index (χ1v) is 8.08. The average molecular weight is 355 g/mol.